The van der Waals surface area contributed by atoms with Gasteiger partial charge in [-0.1, -0.05) is 17.7 Å². The number of aromatic nitrogens is 1. The van der Waals surface area contributed by atoms with Gasteiger partial charge >= 0.3 is 0 Å². The molecule has 0 amide bonds. The van der Waals surface area contributed by atoms with Gasteiger partial charge in [0.25, 0.3) is 0 Å². The molecule has 0 spiro atoms. The van der Waals surface area contributed by atoms with Crippen molar-refractivity contribution >= 4 is 17.7 Å². The van der Waals surface area contributed by atoms with Crippen molar-refractivity contribution in [2.45, 2.75) is 32.4 Å². The zero-order chi connectivity index (χ0) is 22.0. The van der Waals surface area contributed by atoms with E-state index in [1.165, 1.54) is 12.1 Å². The summed E-state index contributed by atoms with van der Waals surface area (Å²) in [6.07, 6.45) is 6.14. The monoisotopic (exact) mass is 417 g/mol. The Morgan fingerprint density at radius 3 is 2.71 bits per heavy atom. The average Bonchev–Trinajstić information content (AvgIpc) is 2.79. The zero-order valence-corrected chi connectivity index (χ0v) is 17.4. The van der Waals surface area contributed by atoms with Gasteiger partial charge in [0.15, 0.2) is 0 Å². The van der Waals surface area contributed by atoms with Crippen LogP contribution in [0, 0.1) is 12.7 Å². The Kier molecular flexibility index (Phi) is 5.82. The lowest BCUT2D eigenvalue weighted by molar-refractivity contribution is -0.108. The van der Waals surface area contributed by atoms with Crippen molar-refractivity contribution in [3.05, 3.63) is 94.6 Å². The molecule has 1 aliphatic heterocycles. The number of benzene rings is 2. The smallest absolute Gasteiger partial charge is 0.136 e. The van der Waals surface area contributed by atoms with Crippen LogP contribution in [-0.2, 0) is 11.3 Å². The normalized spacial score (nSPS) is 16.0. The predicted octanol–water partition coefficient (Wildman–Crippen LogP) is 4.88. The highest BCUT2D eigenvalue weighted by atomic mass is 19.1. The maximum atomic E-state index is 13.6. The Labute approximate surface area is 180 Å². The highest BCUT2D eigenvalue weighted by molar-refractivity contribution is 5.78. The molecule has 0 aliphatic carbocycles. The van der Waals surface area contributed by atoms with E-state index >= 15 is 0 Å². The van der Waals surface area contributed by atoms with Gasteiger partial charge in [-0.25, -0.2) is 4.39 Å². The molecule has 1 aliphatic rings. The van der Waals surface area contributed by atoms with Gasteiger partial charge in [0.05, 0.1) is 12.0 Å². The van der Waals surface area contributed by atoms with Gasteiger partial charge in [-0.05, 0) is 55.8 Å². The molecule has 4 rings (SSSR count). The SMILES string of the molecule is Cc1cc2c(c(C(C)Nc3ccc(F)cc3CN)c1)OC(c1ccncc1)=CC2C=O. The second-order valence-corrected chi connectivity index (χ2v) is 7.67. The number of carbonyl (C=O) groups is 1. The molecular weight excluding hydrogens is 393 g/mol. The number of nitrogens with zero attached hydrogens (tertiary/aromatic N) is 1. The number of pyridine rings is 1. The lowest BCUT2D eigenvalue weighted by Gasteiger charge is -2.28. The van der Waals surface area contributed by atoms with Crippen LogP contribution >= 0.6 is 0 Å². The number of allylic oxidation sites excluding steroid dienone is 1. The van der Waals surface area contributed by atoms with Gasteiger partial charge in [-0.3, -0.25) is 4.98 Å². The second kappa shape index (κ2) is 8.70. The first-order chi connectivity index (χ1) is 15.0. The molecule has 2 heterocycles. The summed E-state index contributed by atoms with van der Waals surface area (Å²) >= 11 is 0. The average molecular weight is 417 g/mol. The first-order valence-electron chi connectivity index (χ1n) is 10.1. The maximum absolute atomic E-state index is 13.6. The van der Waals surface area contributed by atoms with Crippen LogP contribution < -0.4 is 15.8 Å². The number of hydrogen-bond acceptors (Lipinski definition) is 5. The van der Waals surface area contributed by atoms with E-state index in [0.29, 0.717) is 17.1 Å². The quantitative estimate of drug-likeness (QED) is 0.559. The van der Waals surface area contributed by atoms with Crippen molar-refractivity contribution in [3.8, 4) is 5.75 Å². The van der Waals surface area contributed by atoms with Crippen molar-refractivity contribution < 1.29 is 13.9 Å². The summed E-state index contributed by atoms with van der Waals surface area (Å²) in [7, 11) is 0. The zero-order valence-electron chi connectivity index (χ0n) is 17.4. The molecule has 31 heavy (non-hydrogen) atoms. The van der Waals surface area contributed by atoms with E-state index in [1.54, 1.807) is 18.5 Å². The molecule has 2 aromatic carbocycles. The summed E-state index contributed by atoms with van der Waals surface area (Å²) in [6.45, 7) is 4.21. The molecule has 158 valence electrons. The van der Waals surface area contributed by atoms with Crippen molar-refractivity contribution in [1.29, 1.82) is 0 Å². The van der Waals surface area contributed by atoms with Gasteiger partial charge in [0, 0.05) is 41.3 Å². The van der Waals surface area contributed by atoms with Crippen LogP contribution in [-0.4, -0.2) is 11.3 Å². The molecule has 3 N–H and O–H groups in total. The first-order valence-corrected chi connectivity index (χ1v) is 10.1. The summed E-state index contributed by atoms with van der Waals surface area (Å²) in [6, 6.07) is 12.1. The Balaban J connectivity index is 1.74. The van der Waals surface area contributed by atoms with E-state index in [0.717, 1.165) is 34.2 Å². The molecule has 0 radical (unpaired) electrons. The number of nitrogens with one attached hydrogen (secondary N) is 1. The van der Waals surface area contributed by atoms with Gasteiger partial charge in [0.2, 0.25) is 0 Å². The fourth-order valence-electron chi connectivity index (χ4n) is 3.88. The number of nitrogens with two attached hydrogens (primary N) is 1. The summed E-state index contributed by atoms with van der Waals surface area (Å²) in [5, 5.41) is 3.43. The first kappa shape index (κ1) is 20.8. The van der Waals surface area contributed by atoms with Crippen LogP contribution in [0.4, 0.5) is 10.1 Å². The molecule has 0 fully saturated rings. The van der Waals surface area contributed by atoms with Crippen molar-refractivity contribution in [1.82, 2.24) is 4.98 Å². The molecule has 2 atom stereocenters. The fourth-order valence-corrected chi connectivity index (χ4v) is 3.88. The summed E-state index contributed by atoms with van der Waals surface area (Å²) < 4.78 is 19.9. The summed E-state index contributed by atoms with van der Waals surface area (Å²) in [5.74, 6) is 0.543. The number of anilines is 1. The van der Waals surface area contributed by atoms with E-state index in [9.17, 15) is 9.18 Å². The Bertz CT molecular complexity index is 1150. The lowest BCUT2D eigenvalue weighted by atomic mass is 9.89. The van der Waals surface area contributed by atoms with Crippen LogP contribution in [0.2, 0.25) is 0 Å². The van der Waals surface area contributed by atoms with E-state index < -0.39 is 5.92 Å². The van der Waals surface area contributed by atoms with Crippen LogP contribution in [0.15, 0.2) is 60.9 Å². The van der Waals surface area contributed by atoms with E-state index in [1.807, 2.05) is 44.2 Å². The molecule has 2 unspecified atom stereocenters. The number of fused-ring (bicyclic) bond motifs is 1. The summed E-state index contributed by atoms with van der Waals surface area (Å²) in [4.78, 5) is 16.0. The molecule has 3 aromatic rings. The Morgan fingerprint density at radius 1 is 1.23 bits per heavy atom. The van der Waals surface area contributed by atoms with Crippen LogP contribution in [0.3, 0.4) is 0 Å². The molecule has 0 saturated carbocycles. The van der Waals surface area contributed by atoms with Crippen LogP contribution in [0.1, 0.15) is 46.7 Å². The largest absolute Gasteiger partial charge is 0.456 e. The second-order valence-electron chi connectivity index (χ2n) is 7.67. The van der Waals surface area contributed by atoms with Crippen molar-refractivity contribution in [3.63, 3.8) is 0 Å². The predicted molar refractivity (Wildman–Crippen MR) is 119 cm³/mol. The highest BCUT2D eigenvalue weighted by Crippen LogP contribution is 2.42. The molecular formula is C25H24FN3O2. The number of aldehydes is 1. The lowest BCUT2D eigenvalue weighted by Crippen LogP contribution is -2.16. The van der Waals surface area contributed by atoms with E-state index in [-0.39, 0.29) is 18.4 Å². The number of rotatable bonds is 6. The topological polar surface area (TPSA) is 77.2 Å². The minimum atomic E-state index is -0.414. The third-order valence-corrected chi connectivity index (χ3v) is 5.43. The standard InChI is InChI=1S/C25H24FN3O2/c1-15-9-21(16(2)29-23-4-3-20(26)11-18(23)13-27)25-22(10-15)19(14-30)12-24(31-25)17-5-7-28-8-6-17/h3-12,14,16,19,29H,13,27H2,1-2H3. The van der Waals surface area contributed by atoms with E-state index in [2.05, 4.69) is 10.3 Å². The van der Waals surface area contributed by atoms with Gasteiger partial charge in [0.1, 0.15) is 23.6 Å². The van der Waals surface area contributed by atoms with Crippen molar-refractivity contribution in [2.24, 2.45) is 5.73 Å². The number of halogens is 1. The summed E-state index contributed by atoms with van der Waals surface area (Å²) in [5.41, 5.74) is 10.9. The molecule has 1 aromatic heterocycles. The molecule has 0 saturated heterocycles. The van der Waals surface area contributed by atoms with Gasteiger partial charge in [-0.2, -0.15) is 0 Å². The van der Waals surface area contributed by atoms with E-state index in [4.69, 9.17) is 10.5 Å². The third-order valence-electron chi connectivity index (χ3n) is 5.43. The highest BCUT2D eigenvalue weighted by Gasteiger charge is 2.27. The number of ether oxygens (including phenoxy) is 1. The Hall–Kier alpha value is -3.51. The van der Waals surface area contributed by atoms with Crippen LogP contribution in [0.5, 0.6) is 5.75 Å². The Morgan fingerprint density at radius 2 is 2.00 bits per heavy atom. The molecule has 6 heteroatoms. The molecule has 5 nitrogen and oxygen atoms in total. The van der Waals surface area contributed by atoms with Gasteiger partial charge < -0.3 is 20.6 Å². The third kappa shape index (κ3) is 4.20. The maximum Gasteiger partial charge on any atom is 0.136 e. The number of hydrogen-bond donors (Lipinski definition) is 2. The number of carbonyl (C=O) groups excluding carboxylic acids is 1. The van der Waals surface area contributed by atoms with Crippen LogP contribution in [0.25, 0.3) is 5.76 Å². The van der Waals surface area contributed by atoms with Crippen molar-refractivity contribution in [2.75, 3.05) is 5.32 Å². The minimum absolute atomic E-state index is 0.173. The fraction of sp³-hybridized carbons (Fsp3) is 0.200. The minimum Gasteiger partial charge on any atom is -0.456 e. The van der Waals surface area contributed by atoms with Gasteiger partial charge in [-0.15, -0.1) is 0 Å². The number of aryl methyl sites for hydroxylation is 1. The molecule has 0 bridgehead atoms.